The van der Waals surface area contributed by atoms with Crippen LogP contribution < -0.4 is 19.7 Å². The second-order valence-corrected chi connectivity index (χ2v) is 10.8. The van der Waals surface area contributed by atoms with Crippen molar-refractivity contribution in [1.29, 1.82) is 0 Å². The van der Waals surface area contributed by atoms with E-state index in [4.69, 9.17) is 9.47 Å². The molecule has 1 N–H and O–H groups in total. The zero-order chi connectivity index (χ0) is 29.7. The lowest BCUT2D eigenvalue weighted by Crippen LogP contribution is -2.53. The first-order valence-electron chi connectivity index (χ1n) is 14.2. The van der Waals surface area contributed by atoms with Gasteiger partial charge in [0, 0.05) is 63.1 Å². The Balaban J connectivity index is 1.25. The molecule has 2 aliphatic rings. The number of carbonyl (C=O) groups is 1. The first-order valence-corrected chi connectivity index (χ1v) is 14.2. The Kier molecular flexibility index (Phi) is 9.23. The molecule has 2 fully saturated rings. The van der Waals surface area contributed by atoms with Crippen molar-refractivity contribution in [3.05, 3.63) is 89.5 Å². The van der Waals surface area contributed by atoms with Crippen molar-refractivity contribution in [3.8, 4) is 11.5 Å². The van der Waals surface area contributed by atoms with Gasteiger partial charge in [0.1, 0.15) is 0 Å². The van der Waals surface area contributed by atoms with Crippen molar-refractivity contribution < 1.29 is 27.4 Å². The average Bonchev–Trinajstić information content (AvgIpc) is 3.41. The molecule has 2 aliphatic heterocycles. The first-order chi connectivity index (χ1) is 20.3. The van der Waals surface area contributed by atoms with E-state index >= 15 is 0 Å². The van der Waals surface area contributed by atoms with Crippen molar-refractivity contribution in [2.45, 2.75) is 37.8 Å². The maximum atomic E-state index is 13.9. The number of hydrogen-bond donors (Lipinski definition) is 1. The molecule has 2 saturated heterocycles. The van der Waals surface area contributed by atoms with Crippen LogP contribution in [0.25, 0.3) is 0 Å². The lowest BCUT2D eigenvalue weighted by Gasteiger charge is -2.38. The monoisotopic (exact) mass is 582 g/mol. The Labute approximate surface area is 244 Å². The van der Waals surface area contributed by atoms with E-state index < -0.39 is 11.7 Å². The molecular formula is C32H37F3N4O3. The number of para-hydroxylation sites is 1. The van der Waals surface area contributed by atoms with E-state index in [0.29, 0.717) is 69.4 Å². The second-order valence-electron chi connectivity index (χ2n) is 10.8. The van der Waals surface area contributed by atoms with Crippen LogP contribution in [-0.4, -0.2) is 74.7 Å². The molecular weight excluding hydrogens is 545 g/mol. The SMILES string of the molecule is COc1cccc(CN[C@H]2C[C@@H](C(=O)N3CCN(c4cccc(C(F)(F)F)c4)CC3)N(Cc3ccccc3)C2)c1OC. The number of carbonyl (C=O) groups excluding carboxylic acids is 1. The number of hydrogen-bond acceptors (Lipinski definition) is 6. The van der Waals surface area contributed by atoms with E-state index in [1.54, 1.807) is 20.3 Å². The van der Waals surface area contributed by atoms with Gasteiger partial charge >= 0.3 is 6.18 Å². The third kappa shape index (κ3) is 6.82. The highest BCUT2D eigenvalue weighted by molar-refractivity contribution is 5.82. The molecule has 7 nitrogen and oxygen atoms in total. The van der Waals surface area contributed by atoms with Gasteiger partial charge in [-0.2, -0.15) is 13.2 Å². The number of rotatable bonds is 9. The van der Waals surface area contributed by atoms with Gasteiger partial charge in [-0.25, -0.2) is 0 Å². The standard InChI is InChI=1S/C32H37F3N4O3/c1-41-29-13-6-10-24(30(29)42-2)20-36-26-19-28(39(22-26)21-23-8-4-3-5-9-23)31(40)38-16-14-37(15-17-38)27-12-7-11-25(18-27)32(33,34)35/h3-13,18,26,28,36H,14-17,19-22H2,1-2H3/t26-,28-/m0/s1. The summed E-state index contributed by atoms with van der Waals surface area (Å²) in [6.45, 7) is 3.82. The van der Waals surface area contributed by atoms with E-state index in [0.717, 1.165) is 17.2 Å². The fourth-order valence-corrected chi connectivity index (χ4v) is 5.92. The summed E-state index contributed by atoms with van der Waals surface area (Å²) in [5, 5.41) is 3.63. The molecule has 0 unspecified atom stereocenters. The largest absolute Gasteiger partial charge is 0.493 e. The predicted octanol–water partition coefficient (Wildman–Crippen LogP) is 4.80. The normalized spacial score (nSPS) is 19.6. The Morgan fingerprint density at radius 3 is 2.36 bits per heavy atom. The highest BCUT2D eigenvalue weighted by Gasteiger charge is 2.39. The van der Waals surface area contributed by atoms with Crippen molar-refractivity contribution in [3.63, 3.8) is 0 Å². The number of piperazine rings is 1. The highest BCUT2D eigenvalue weighted by atomic mass is 19.4. The number of likely N-dealkylation sites (tertiary alicyclic amines) is 1. The molecule has 0 aromatic heterocycles. The number of amides is 1. The minimum Gasteiger partial charge on any atom is -0.493 e. The molecule has 2 heterocycles. The van der Waals surface area contributed by atoms with E-state index in [2.05, 4.69) is 22.3 Å². The Morgan fingerprint density at radius 2 is 1.67 bits per heavy atom. The van der Waals surface area contributed by atoms with Crippen LogP contribution in [0.5, 0.6) is 11.5 Å². The summed E-state index contributed by atoms with van der Waals surface area (Å²) in [7, 11) is 3.24. The molecule has 5 rings (SSSR count). The molecule has 224 valence electrons. The molecule has 0 spiro atoms. The number of halogens is 3. The van der Waals surface area contributed by atoms with E-state index in [-0.39, 0.29) is 18.0 Å². The molecule has 42 heavy (non-hydrogen) atoms. The number of methoxy groups -OCH3 is 2. The van der Waals surface area contributed by atoms with Gasteiger partial charge in [-0.3, -0.25) is 9.69 Å². The van der Waals surface area contributed by atoms with E-state index in [1.165, 1.54) is 12.1 Å². The molecule has 10 heteroatoms. The van der Waals surface area contributed by atoms with Gasteiger partial charge in [-0.15, -0.1) is 0 Å². The predicted molar refractivity (Wildman–Crippen MR) is 156 cm³/mol. The topological polar surface area (TPSA) is 57.3 Å². The van der Waals surface area contributed by atoms with Gasteiger partial charge in [0.15, 0.2) is 11.5 Å². The fourth-order valence-electron chi connectivity index (χ4n) is 5.92. The molecule has 3 aromatic rings. The van der Waals surface area contributed by atoms with Crippen molar-refractivity contribution >= 4 is 11.6 Å². The van der Waals surface area contributed by atoms with Gasteiger partial charge in [0.2, 0.25) is 5.91 Å². The summed E-state index contributed by atoms with van der Waals surface area (Å²) in [6, 6.07) is 21.1. The third-order valence-electron chi connectivity index (χ3n) is 8.11. The second kappa shape index (κ2) is 13.0. The number of alkyl halides is 3. The first kappa shape index (κ1) is 29.7. The molecule has 2 atom stereocenters. The summed E-state index contributed by atoms with van der Waals surface area (Å²) in [5.74, 6) is 1.43. The van der Waals surface area contributed by atoms with Crippen molar-refractivity contribution in [2.24, 2.45) is 0 Å². The number of anilines is 1. The smallest absolute Gasteiger partial charge is 0.416 e. The molecule has 3 aromatic carbocycles. The van der Waals surface area contributed by atoms with Crippen LogP contribution in [0.1, 0.15) is 23.1 Å². The summed E-state index contributed by atoms with van der Waals surface area (Å²) in [5.41, 5.74) is 1.98. The van der Waals surface area contributed by atoms with Crippen LogP contribution in [0.2, 0.25) is 0 Å². The van der Waals surface area contributed by atoms with Crippen LogP contribution in [0.3, 0.4) is 0 Å². The minimum absolute atomic E-state index is 0.0675. The number of benzene rings is 3. The average molecular weight is 583 g/mol. The van der Waals surface area contributed by atoms with E-state index in [1.807, 2.05) is 46.2 Å². The molecule has 0 radical (unpaired) electrons. The van der Waals surface area contributed by atoms with E-state index in [9.17, 15) is 18.0 Å². The van der Waals surface area contributed by atoms with Crippen molar-refractivity contribution in [1.82, 2.24) is 15.1 Å². The molecule has 1 amide bonds. The maximum absolute atomic E-state index is 13.9. The lowest BCUT2D eigenvalue weighted by molar-refractivity contribution is -0.137. The molecule has 0 aliphatic carbocycles. The lowest BCUT2D eigenvalue weighted by atomic mass is 10.1. The summed E-state index contributed by atoms with van der Waals surface area (Å²) in [6.07, 6.45) is -3.73. The minimum atomic E-state index is -4.39. The number of ether oxygens (including phenoxy) is 2. The highest BCUT2D eigenvalue weighted by Crippen LogP contribution is 2.33. The summed E-state index contributed by atoms with van der Waals surface area (Å²) >= 11 is 0. The summed E-state index contributed by atoms with van der Waals surface area (Å²) in [4.78, 5) is 19.9. The van der Waals surface area contributed by atoms with Crippen LogP contribution in [0, 0.1) is 0 Å². The fraction of sp³-hybridized carbons (Fsp3) is 0.406. The Hall–Kier alpha value is -3.76. The van der Waals surface area contributed by atoms with Gasteiger partial charge in [0.05, 0.1) is 25.8 Å². The Morgan fingerprint density at radius 1 is 0.929 bits per heavy atom. The summed E-state index contributed by atoms with van der Waals surface area (Å²) < 4.78 is 50.7. The zero-order valence-corrected chi connectivity index (χ0v) is 23.9. The van der Waals surface area contributed by atoms with Gasteiger partial charge in [-0.05, 0) is 36.2 Å². The molecule has 0 bridgehead atoms. The van der Waals surface area contributed by atoms with Gasteiger partial charge in [0.25, 0.3) is 0 Å². The van der Waals surface area contributed by atoms with Crippen LogP contribution in [0.15, 0.2) is 72.8 Å². The van der Waals surface area contributed by atoms with Crippen molar-refractivity contribution in [2.75, 3.05) is 51.8 Å². The number of nitrogens with zero attached hydrogens (tertiary/aromatic N) is 3. The quantitative estimate of drug-likeness (QED) is 0.391. The van der Waals surface area contributed by atoms with Gasteiger partial charge in [-0.1, -0.05) is 48.5 Å². The van der Waals surface area contributed by atoms with Crippen LogP contribution >= 0.6 is 0 Å². The zero-order valence-electron chi connectivity index (χ0n) is 23.9. The maximum Gasteiger partial charge on any atom is 0.416 e. The number of nitrogens with one attached hydrogen (secondary N) is 1. The van der Waals surface area contributed by atoms with Crippen LogP contribution in [-0.2, 0) is 24.1 Å². The van der Waals surface area contributed by atoms with Gasteiger partial charge < -0.3 is 24.6 Å². The van der Waals surface area contributed by atoms with Crippen LogP contribution in [0.4, 0.5) is 18.9 Å². The third-order valence-corrected chi connectivity index (χ3v) is 8.11. The molecule has 0 saturated carbocycles. The Bertz CT molecular complexity index is 1350.